The highest BCUT2D eigenvalue weighted by molar-refractivity contribution is 7.99. The Hall–Kier alpha value is -1.34. The first kappa shape index (κ1) is 19.0. The Kier molecular flexibility index (Phi) is 5.60. The molecular formula is C20H27N3O2S2. The highest BCUT2D eigenvalue weighted by Gasteiger charge is 2.26. The number of nitrogens with one attached hydrogen (secondary N) is 1. The summed E-state index contributed by atoms with van der Waals surface area (Å²) in [5.41, 5.74) is 1.15. The number of carbonyl (C=O) groups is 1. The van der Waals surface area contributed by atoms with Crippen molar-refractivity contribution < 1.29 is 4.79 Å². The van der Waals surface area contributed by atoms with Crippen LogP contribution in [0.1, 0.15) is 56.4 Å². The number of nitrogens with zero attached hydrogens (tertiary/aromatic N) is 2. The largest absolute Gasteiger partial charge is 0.339 e. The quantitative estimate of drug-likeness (QED) is 0.617. The Morgan fingerprint density at radius 2 is 2.22 bits per heavy atom. The molecule has 1 amide bonds. The van der Waals surface area contributed by atoms with Crippen LogP contribution in [0.2, 0.25) is 0 Å². The molecule has 7 heteroatoms. The van der Waals surface area contributed by atoms with E-state index in [4.69, 9.17) is 0 Å². The lowest BCUT2D eigenvalue weighted by molar-refractivity contribution is -0.132. The summed E-state index contributed by atoms with van der Waals surface area (Å²) in [5, 5.41) is 1.34. The van der Waals surface area contributed by atoms with Crippen molar-refractivity contribution in [3.05, 3.63) is 20.8 Å². The third-order valence-electron chi connectivity index (χ3n) is 5.89. The molecule has 3 heterocycles. The molecule has 1 N–H and O–H groups in total. The minimum Gasteiger partial charge on any atom is -0.339 e. The molecule has 0 bridgehead atoms. The third-order valence-corrected chi connectivity index (χ3v) is 7.90. The van der Waals surface area contributed by atoms with Gasteiger partial charge in [-0.1, -0.05) is 25.6 Å². The van der Waals surface area contributed by atoms with E-state index in [1.54, 1.807) is 11.3 Å². The van der Waals surface area contributed by atoms with Crippen LogP contribution in [-0.2, 0) is 17.6 Å². The molecule has 1 aliphatic carbocycles. The van der Waals surface area contributed by atoms with Crippen LogP contribution in [-0.4, -0.2) is 39.1 Å². The normalized spacial score (nSPS) is 22.8. The second-order valence-corrected chi connectivity index (χ2v) is 9.88. The van der Waals surface area contributed by atoms with E-state index in [0.29, 0.717) is 22.9 Å². The van der Waals surface area contributed by atoms with Gasteiger partial charge in [0.05, 0.1) is 11.1 Å². The summed E-state index contributed by atoms with van der Waals surface area (Å²) in [6, 6.07) is 0.368. The molecule has 2 aromatic heterocycles. The van der Waals surface area contributed by atoms with E-state index in [2.05, 4.69) is 23.8 Å². The first-order valence-electron chi connectivity index (χ1n) is 10.0. The van der Waals surface area contributed by atoms with Gasteiger partial charge < -0.3 is 9.88 Å². The molecule has 5 nitrogen and oxygen atoms in total. The van der Waals surface area contributed by atoms with E-state index in [-0.39, 0.29) is 11.5 Å². The fraction of sp³-hybridized carbons (Fsp3) is 0.650. The van der Waals surface area contributed by atoms with Gasteiger partial charge >= 0.3 is 0 Å². The van der Waals surface area contributed by atoms with E-state index in [0.717, 1.165) is 55.3 Å². The standard InChI is InChI=1S/C20H27N3O2S2/c1-3-13-6-4-5-9-23(13)16(24)11-26-20-21-18(25)17-14-8-7-12(2)10-15(14)27-19(17)22-20/h12-13H,3-11H2,1-2H3,(H,21,22,25)/t12-,13+/m0/s1. The summed E-state index contributed by atoms with van der Waals surface area (Å²) >= 11 is 3.02. The summed E-state index contributed by atoms with van der Waals surface area (Å²) in [7, 11) is 0. The number of aromatic nitrogens is 2. The van der Waals surface area contributed by atoms with Gasteiger partial charge in [0.1, 0.15) is 4.83 Å². The molecule has 146 valence electrons. The fourth-order valence-corrected chi connectivity index (χ4v) is 6.55. The summed E-state index contributed by atoms with van der Waals surface area (Å²) in [6.07, 6.45) is 7.57. The molecular weight excluding hydrogens is 378 g/mol. The number of likely N-dealkylation sites (tertiary alicyclic amines) is 1. The Bertz CT molecular complexity index is 904. The fourth-order valence-electron chi connectivity index (χ4n) is 4.36. The lowest BCUT2D eigenvalue weighted by Crippen LogP contribution is -2.44. The molecule has 27 heavy (non-hydrogen) atoms. The predicted molar refractivity (Wildman–Crippen MR) is 112 cm³/mol. The molecule has 0 saturated carbocycles. The maximum atomic E-state index is 12.7. The average Bonchev–Trinajstić information content (AvgIpc) is 3.03. The van der Waals surface area contributed by atoms with E-state index in [1.807, 2.05) is 4.90 Å². The van der Waals surface area contributed by atoms with Crippen LogP contribution in [0.25, 0.3) is 10.2 Å². The van der Waals surface area contributed by atoms with Crippen molar-refractivity contribution in [1.82, 2.24) is 14.9 Å². The van der Waals surface area contributed by atoms with Crippen molar-refractivity contribution in [2.45, 2.75) is 70.0 Å². The van der Waals surface area contributed by atoms with Gasteiger partial charge in [-0.2, -0.15) is 0 Å². The van der Waals surface area contributed by atoms with Gasteiger partial charge in [0, 0.05) is 17.5 Å². The highest BCUT2D eigenvalue weighted by atomic mass is 32.2. The Morgan fingerprint density at radius 3 is 3.04 bits per heavy atom. The first-order valence-corrected chi connectivity index (χ1v) is 11.8. The molecule has 1 aliphatic heterocycles. The number of thiophene rings is 1. The topological polar surface area (TPSA) is 66.1 Å². The smallest absolute Gasteiger partial charge is 0.260 e. The molecule has 1 saturated heterocycles. The lowest BCUT2D eigenvalue weighted by atomic mass is 9.89. The molecule has 0 spiro atoms. The molecule has 2 atom stereocenters. The molecule has 0 radical (unpaired) electrons. The number of rotatable bonds is 4. The number of fused-ring (bicyclic) bond motifs is 3. The van der Waals surface area contributed by atoms with Gasteiger partial charge in [0.15, 0.2) is 5.16 Å². The minimum atomic E-state index is -0.0496. The number of hydrogen-bond donors (Lipinski definition) is 1. The van der Waals surface area contributed by atoms with Gasteiger partial charge in [0.25, 0.3) is 5.56 Å². The van der Waals surface area contributed by atoms with E-state index < -0.39 is 0 Å². The van der Waals surface area contributed by atoms with Crippen LogP contribution < -0.4 is 5.56 Å². The molecule has 4 rings (SSSR count). The summed E-state index contributed by atoms with van der Waals surface area (Å²) < 4.78 is 0. The van der Waals surface area contributed by atoms with Crippen molar-refractivity contribution in [2.24, 2.45) is 5.92 Å². The molecule has 2 aliphatic rings. The van der Waals surface area contributed by atoms with Crippen molar-refractivity contribution >= 4 is 39.2 Å². The zero-order valence-electron chi connectivity index (χ0n) is 16.0. The van der Waals surface area contributed by atoms with Crippen molar-refractivity contribution in [1.29, 1.82) is 0 Å². The summed E-state index contributed by atoms with van der Waals surface area (Å²) in [6.45, 7) is 5.27. The second kappa shape index (κ2) is 7.95. The van der Waals surface area contributed by atoms with E-state index >= 15 is 0 Å². The number of amides is 1. The van der Waals surface area contributed by atoms with Crippen LogP contribution >= 0.6 is 23.1 Å². The number of thioether (sulfide) groups is 1. The monoisotopic (exact) mass is 405 g/mol. The maximum Gasteiger partial charge on any atom is 0.260 e. The minimum absolute atomic E-state index is 0.0496. The number of carbonyl (C=O) groups excluding carboxylic acids is 1. The second-order valence-electron chi connectivity index (χ2n) is 7.84. The SMILES string of the molecule is CC[C@@H]1CCCCN1C(=O)CSc1nc2sc3c(c2c(=O)[nH]1)CC[C@H](C)C3. The van der Waals surface area contributed by atoms with Gasteiger partial charge in [0.2, 0.25) is 5.91 Å². The van der Waals surface area contributed by atoms with Gasteiger partial charge in [-0.05, 0) is 56.4 Å². The molecule has 1 fully saturated rings. The van der Waals surface area contributed by atoms with Crippen molar-refractivity contribution in [3.63, 3.8) is 0 Å². The van der Waals surface area contributed by atoms with Crippen LogP contribution in [0.15, 0.2) is 9.95 Å². The van der Waals surface area contributed by atoms with Crippen molar-refractivity contribution in [3.8, 4) is 0 Å². The highest BCUT2D eigenvalue weighted by Crippen LogP contribution is 2.36. The van der Waals surface area contributed by atoms with E-state index in [9.17, 15) is 9.59 Å². The Labute approximate surface area is 167 Å². The number of hydrogen-bond acceptors (Lipinski definition) is 5. The average molecular weight is 406 g/mol. The molecule has 0 unspecified atom stereocenters. The molecule has 2 aromatic rings. The number of H-pyrrole nitrogens is 1. The van der Waals surface area contributed by atoms with E-state index in [1.165, 1.54) is 28.6 Å². The lowest BCUT2D eigenvalue weighted by Gasteiger charge is -2.35. The van der Waals surface area contributed by atoms with Crippen LogP contribution in [0, 0.1) is 5.92 Å². The summed E-state index contributed by atoms with van der Waals surface area (Å²) in [5.74, 6) is 1.17. The van der Waals surface area contributed by atoms with Gasteiger partial charge in [-0.15, -0.1) is 11.3 Å². The third kappa shape index (κ3) is 3.81. The summed E-state index contributed by atoms with van der Waals surface area (Å²) in [4.78, 5) is 37.1. The molecule has 0 aromatic carbocycles. The zero-order valence-corrected chi connectivity index (χ0v) is 17.7. The number of aromatic amines is 1. The Balaban J connectivity index is 1.51. The predicted octanol–water partition coefficient (Wildman–Crippen LogP) is 3.99. The van der Waals surface area contributed by atoms with Crippen molar-refractivity contribution in [2.75, 3.05) is 12.3 Å². The number of piperidine rings is 1. The van der Waals surface area contributed by atoms with Gasteiger partial charge in [-0.25, -0.2) is 4.98 Å². The maximum absolute atomic E-state index is 12.7. The van der Waals surface area contributed by atoms with Crippen LogP contribution in [0.5, 0.6) is 0 Å². The zero-order chi connectivity index (χ0) is 19.0. The van der Waals surface area contributed by atoms with Crippen LogP contribution in [0.4, 0.5) is 0 Å². The van der Waals surface area contributed by atoms with Gasteiger partial charge in [-0.3, -0.25) is 9.59 Å². The first-order chi connectivity index (χ1) is 13.1. The number of aryl methyl sites for hydroxylation is 1. The Morgan fingerprint density at radius 1 is 1.37 bits per heavy atom. The van der Waals surface area contributed by atoms with Crippen LogP contribution in [0.3, 0.4) is 0 Å².